The first-order valence-electron chi connectivity index (χ1n) is 37.2. The van der Waals surface area contributed by atoms with Gasteiger partial charge in [0.05, 0.1) is 26.4 Å². The van der Waals surface area contributed by atoms with Gasteiger partial charge in [-0.15, -0.1) is 0 Å². The summed E-state index contributed by atoms with van der Waals surface area (Å²) in [6.07, 6.45) is 66.2. The van der Waals surface area contributed by atoms with Crippen LogP contribution < -0.4 is 0 Å². The van der Waals surface area contributed by atoms with E-state index < -0.39 is 97.5 Å². The number of allylic oxidation sites excluding steroid dienone is 12. The van der Waals surface area contributed by atoms with Crippen molar-refractivity contribution in [2.45, 2.75) is 341 Å². The van der Waals surface area contributed by atoms with E-state index in [1.807, 2.05) is 0 Å². The Balaban J connectivity index is 5.33. The molecule has 0 aliphatic carbocycles. The van der Waals surface area contributed by atoms with Gasteiger partial charge in [0.25, 0.3) is 0 Å². The molecule has 0 saturated carbocycles. The number of aliphatic hydroxyl groups excluding tert-OH is 1. The molecule has 5 unspecified atom stereocenters. The Kier molecular flexibility index (Phi) is 65.5. The molecule has 0 aliphatic heterocycles. The van der Waals surface area contributed by atoms with Gasteiger partial charge in [0.1, 0.15) is 19.3 Å². The van der Waals surface area contributed by atoms with E-state index in [-0.39, 0.29) is 25.7 Å². The first kappa shape index (κ1) is 90.5. The third-order valence-electron chi connectivity index (χ3n) is 15.7. The lowest BCUT2D eigenvalue weighted by molar-refractivity contribution is -0.161. The van der Waals surface area contributed by atoms with E-state index in [9.17, 15) is 43.2 Å². The van der Waals surface area contributed by atoms with Crippen molar-refractivity contribution in [3.05, 3.63) is 72.9 Å². The molecule has 0 saturated heterocycles. The fraction of sp³-hybridized carbons (Fsp3) is 0.787. The zero-order valence-corrected chi connectivity index (χ0v) is 61.2. The zero-order chi connectivity index (χ0) is 69.0. The zero-order valence-electron chi connectivity index (χ0n) is 59.4. The van der Waals surface area contributed by atoms with Crippen LogP contribution in [-0.4, -0.2) is 96.7 Å². The standard InChI is InChI=1S/C75H134O17P2/c1-5-9-13-17-21-25-29-32-34-37-40-43-47-51-55-59-72(77)85-65-70(91-74(79)61-57-53-49-45-39-28-24-20-16-12-8-4)67-89-93(81,82)87-63-69(76)64-88-94(83,84)90-68-71(92-75(80)62-58-54-50-46-42-36-31-27-23-19-15-11-7-3)66-86-73(78)60-56-52-48-44-41-38-35-33-30-26-22-18-14-10-6-2/h9,13,21-22,25-26,32-35,40,43,69-71,76H,5-8,10-12,14-20,23-24,27-31,36-39,41-42,44-68H2,1-4H3,(H,81,82)(H,83,84)/b13-9-,25-21-,26-22-,34-32-,35-33-,43-40-. The van der Waals surface area contributed by atoms with Gasteiger partial charge >= 0.3 is 39.5 Å². The third-order valence-corrected chi connectivity index (χ3v) is 17.6. The van der Waals surface area contributed by atoms with Gasteiger partial charge in [-0.1, -0.05) is 274 Å². The fourth-order valence-corrected chi connectivity index (χ4v) is 11.6. The van der Waals surface area contributed by atoms with Gasteiger partial charge in [-0.25, -0.2) is 9.13 Å². The summed E-state index contributed by atoms with van der Waals surface area (Å²) in [6, 6.07) is 0. The molecule has 0 rings (SSSR count). The average molecular weight is 1370 g/mol. The number of phosphoric ester groups is 2. The molecule has 0 spiro atoms. The molecule has 17 nitrogen and oxygen atoms in total. The maximum atomic E-state index is 13.0. The molecule has 0 fully saturated rings. The Hall–Kier alpha value is -3.50. The number of aliphatic hydroxyl groups is 1. The van der Waals surface area contributed by atoms with Crippen LogP contribution >= 0.6 is 15.6 Å². The minimum Gasteiger partial charge on any atom is -0.462 e. The molecule has 0 amide bonds. The molecule has 0 aliphatic rings. The number of carbonyl (C=O) groups is 4. The molecule has 94 heavy (non-hydrogen) atoms. The fourth-order valence-electron chi connectivity index (χ4n) is 10.0. The van der Waals surface area contributed by atoms with Crippen LogP contribution in [0.25, 0.3) is 0 Å². The smallest absolute Gasteiger partial charge is 0.462 e. The summed E-state index contributed by atoms with van der Waals surface area (Å²) in [4.78, 5) is 72.7. The van der Waals surface area contributed by atoms with E-state index in [4.69, 9.17) is 37.0 Å². The highest BCUT2D eigenvalue weighted by molar-refractivity contribution is 7.47. The Morgan fingerprint density at radius 2 is 0.553 bits per heavy atom. The summed E-state index contributed by atoms with van der Waals surface area (Å²) in [7, 11) is -9.94. The van der Waals surface area contributed by atoms with Crippen LogP contribution in [-0.2, 0) is 65.4 Å². The predicted molar refractivity (Wildman–Crippen MR) is 381 cm³/mol. The highest BCUT2D eigenvalue weighted by Crippen LogP contribution is 2.45. The second-order valence-electron chi connectivity index (χ2n) is 24.9. The van der Waals surface area contributed by atoms with Crippen molar-refractivity contribution in [1.82, 2.24) is 0 Å². The Labute approximate surface area is 571 Å². The van der Waals surface area contributed by atoms with Crippen LogP contribution in [0.1, 0.15) is 323 Å². The lowest BCUT2D eigenvalue weighted by atomic mass is 10.0. The summed E-state index contributed by atoms with van der Waals surface area (Å²) in [5, 5.41) is 10.6. The number of phosphoric acid groups is 2. The quantitative estimate of drug-likeness (QED) is 0.0169. The maximum absolute atomic E-state index is 13.0. The van der Waals surface area contributed by atoms with E-state index >= 15 is 0 Å². The molecule has 0 radical (unpaired) electrons. The van der Waals surface area contributed by atoms with E-state index in [1.54, 1.807) is 0 Å². The van der Waals surface area contributed by atoms with E-state index in [0.29, 0.717) is 25.7 Å². The molecule has 5 atom stereocenters. The lowest BCUT2D eigenvalue weighted by Crippen LogP contribution is -2.30. The Bertz CT molecular complexity index is 2070. The summed E-state index contributed by atoms with van der Waals surface area (Å²) in [5.41, 5.74) is 0. The van der Waals surface area contributed by atoms with Gasteiger partial charge in [-0.2, -0.15) is 0 Å². The van der Waals surface area contributed by atoms with Gasteiger partial charge in [0, 0.05) is 25.7 Å². The third kappa shape index (κ3) is 67.1. The number of hydrogen-bond donors (Lipinski definition) is 3. The van der Waals surface area contributed by atoms with Gasteiger partial charge in [-0.3, -0.25) is 37.3 Å². The normalized spacial score (nSPS) is 14.4. The van der Waals surface area contributed by atoms with Crippen molar-refractivity contribution < 1.29 is 80.2 Å². The summed E-state index contributed by atoms with van der Waals surface area (Å²) >= 11 is 0. The Morgan fingerprint density at radius 3 is 0.894 bits per heavy atom. The second kappa shape index (κ2) is 68.0. The summed E-state index contributed by atoms with van der Waals surface area (Å²) in [6.45, 7) is 4.69. The first-order valence-corrected chi connectivity index (χ1v) is 40.2. The van der Waals surface area contributed by atoms with E-state index in [1.165, 1.54) is 109 Å². The monoisotopic (exact) mass is 1370 g/mol. The van der Waals surface area contributed by atoms with Crippen LogP contribution in [0.5, 0.6) is 0 Å². The number of ether oxygens (including phenoxy) is 4. The molecule has 19 heteroatoms. The molecule has 0 aromatic rings. The number of rotatable bonds is 70. The van der Waals surface area contributed by atoms with Crippen molar-refractivity contribution >= 4 is 39.5 Å². The second-order valence-corrected chi connectivity index (χ2v) is 27.8. The van der Waals surface area contributed by atoms with Crippen molar-refractivity contribution in [2.24, 2.45) is 0 Å². The largest absolute Gasteiger partial charge is 0.472 e. The molecule has 0 bridgehead atoms. The van der Waals surface area contributed by atoms with Crippen molar-refractivity contribution in [1.29, 1.82) is 0 Å². The summed E-state index contributed by atoms with van der Waals surface area (Å²) < 4.78 is 68.3. The van der Waals surface area contributed by atoms with Crippen LogP contribution in [0.4, 0.5) is 0 Å². The van der Waals surface area contributed by atoms with Crippen molar-refractivity contribution in [3.63, 3.8) is 0 Å². The van der Waals surface area contributed by atoms with Gasteiger partial charge in [0.15, 0.2) is 12.2 Å². The molecule has 3 N–H and O–H groups in total. The summed E-state index contributed by atoms with van der Waals surface area (Å²) in [5.74, 6) is -2.21. The maximum Gasteiger partial charge on any atom is 0.472 e. The van der Waals surface area contributed by atoms with Crippen LogP contribution in [0.2, 0.25) is 0 Å². The topological polar surface area (TPSA) is 237 Å². The van der Waals surface area contributed by atoms with E-state index in [0.717, 1.165) is 135 Å². The highest BCUT2D eigenvalue weighted by Gasteiger charge is 2.30. The number of carbonyl (C=O) groups excluding carboxylic acids is 4. The molecule has 546 valence electrons. The van der Waals surface area contributed by atoms with Crippen LogP contribution in [0.15, 0.2) is 72.9 Å². The van der Waals surface area contributed by atoms with E-state index in [2.05, 4.69) is 101 Å². The first-order chi connectivity index (χ1) is 45.7. The minimum atomic E-state index is -4.97. The van der Waals surface area contributed by atoms with Crippen molar-refractivity contribution in [2.75, 3.05) is 39.6 Å². The van der Waals surface area contributed by atoms with Crippen LogP contribution in [0.3, 0.4) is 0 Å². The molecular weight excluding hydrogens is 1230 g/mol. The predicted octanol–water partition coefficient (Wildman–Crippen LogP) is 20.9. The molecule has 0 aromatic carbocycles. The SMILES string of the molecule is CC/C=C\C/C=C\C/C=C\C/C=C\CCCCC(=O)OCC(COP(=O)(O)OCC(O)COP(=O)(O)OCC(COC(=O)CCCCCCC/C=C\C/C=C\CCCCC)OC(=O)CCCCCCCCCCCCCCC)OC(=O)CCCCCCCCCCCCC. The number of unbranched alkanes of at least 4 members (excludes halogenated alkanes) is 32. The molecular formula is C75H134O17P2. The van der Waals surface area contributed by atoms with Gasteiger partial charge in [0.2, 0.25) is 0 Å². The van der Waals surface area contributed by atoms with Gasteiger partial charge < -0.3 is 33.8 Å². The van der Waals surface area contributed by atoms with Crippen molar-refractivity contribution in [3.8, 4) is 0 Å². The number of esters is 4. The molecule has 0 aromatic heterocycles. The van der Waals surface area contributed by atoms with Gasteiger partial charge in [-0.05, 0) is 96.3 Å². The minimum absolute atomic E-state index is 0.0899. The number of hydrogen-bond acceptors (Lipinski definition) is 15. The lowest BCUT2D eigenvalue weighted by Gasteiger charge is -2.21. The highest BCUT2D eigenvalue weighted by atomic mass is 31.2. The van der Waals surface area contributed by atoms with Crippen LogP contribution in [0, 0.1) is 0 Å². The molecule has 0 heterocycles. The Morgan fingerprint density at radius 1 is 0.309 bits per heavy atom. The average Bonchev–Trinajstić information content (AvgIpc) is 1.35.